The Morgan fingerprint density at radius 1 is 1.75 bits per heavy atom. The number of nitrogens with two attached hydrogens (primary N) is 1. The van der Waals surface area contributed by atoms with Crippen LogP contribution in [0, 0.1) is 0 Å². The lowest BCUT2D eigenvalue weighted by atomic mass is 10.4. The van der Waals surface area contributed by atoms with Crippen molar-refractivity contribution < 1.29 is 4.74 Å². The van der Waals surface area contributed by atoms with Gasteiger partial charge >= 0.3 is 0 Å². The van der Waals surface area contributed by atoms with Gasteiger partial charge in [0.1, 0.15) is 0 Å². The normalized spacial score (nSPS) is 15.8. The Bertz CT molecular complexity index is 88.4. The highest BCUT2D eigenvalue weighted by Gasteiger charge is 2.00. The van der Waals surface area contributed by atoms with Crippen molar-refractivity contribution >= 4 is 5.90 Å². The number of ether oxygens (including phenoxy) is 1. The molecule has 1 unspecified atom stereocenters. The molecule has 0 amide bonds. The van der Waals surface area contributed by atoms with Gasteiger partial charge < -0.3 is 10.5 Å². The summed E-state index contributed by atoms with van der Waals surface area (Å²) in [6, 6.07) is -0.0926. The number of rotatable bonds is 1. The Hall–Kier alpha value is -0.570. The first kappa shape index (κ1) is 7.43. The molecule has 0 bridgehead atoms. The third-order valence-corrected chi connectivity index (χ3v) is 0.819. The Kier molecular flexibility index (Phi) is 3.19. The number of aliphatic imine (C=N–C) groups is 1. The van der Waals surface area contributed by atoms with Gasteiger partial charge in [0.2, 0.25) is 0 Å². The summed E-state index contributed by atoms with van der Waals surface area (Å²) < 4.78 is 4.79. The van der Waals surface area contributed by atoms with Crippen LogP contribution in [-0.2, 0) is 4.74 Å². The lowest BCUT2D eigenvalue weighted by Gasteiger charge is -2.05. The SMILES string of the molecule is CN=C(OC)C(C)N. The smallest absolute Gasteiger partial charge is 0.199 e. The largest absolute Gasteiger partial charge is 0.483 e. The van der Waals surface area contributed by atoms with Crippen LogP contribution in [0.1, 0.15) is 6.92 Å². The monoisotopic (exact) mass is 116 g/mol. The van der Waals surface area contributed by atoms with Crippen LogP contribution in [0.15, 0.2) is 4.99 Å². The van der Waals surface area contributed by atoms with E-state index in [2.05, 4.69) is 4.99 Å². The Morgan fingerprint density at radius 3 is 2.25 bits per heavy atom. The van der Waals surface area contributed by atoms with E-state index in [4.69, 9.17) is 10.5 Å². The van der Waals surface area contributed by atoms with Gasteiger partial charge in [-0.3, -0.25) is 4.99 Å². The fourth-order valence-electron chi connectivity index (χ4n) is 0.481. The first-order valence-electron chi connectivity index (χ1n) is 2.48. The average Bonchev–Trinajstić information content (AvgIpc) is 1.69. The molecular weight excluding hydrogens is 104 g/mol. The van der Waals surface area contributed by atoms with Crippen LogP contribution in [0.25, 0.3) is 0 Å². The molecule has 3 nitrogen and oxygen atoms in total. The van der Waals surface area contributed by atoms with Crippen molar-refractivity contribution in [3.63, 3.8) is 0 Å². The highest BCUT2D eigenvalue weighted by Crippen LogP contribution is 1.82. The van der Waals surface area contributed by atoms with Gasteiger partial charge in [0.05, 0.1) is 13.2 Å². The van der Waals surface area contributed by atoms with E-state index >= 15 is 0 Å². The van der Waals surface area contributed by atoms with Crippen molar-refractivity contribution in [2.75, 3.05) is 14.2 Å². The van der Waals surface area contributed by atoms with E-state index in [1.807, 2.05) is 6.92 Å². The quantitative estimate of drug-likeness (QED) is 0.387. The minimum atomic E-state index is -0.0926. The molecule has 0 aliphatic carbocycles. The fraction of sp³-hybridized carbons (Fsp3) is 0.800. The topological polar surface area (TPSA) is 47.6 Å². The molecule has 48 valence electrons. The first-order chi connectivity index (χ1) is 3.72. The molecular formula is C5H12N2O. The highest BCUT2D eigenvalue weighted by atomic mass is 16.5. The van der Waals surface area contributed by atoms with Gasteiger partial charge in [-0.15, -0.1) is 0 Å². The van der Waals surface area contributed by atoms with E-state index in [9.17, 15) is 0 Å². The second-order valence-corrected chi connectivity index (χ2v) is 1.55. The lowest BCUT2D eigenvalue weighted by Crippen LogP contribution is -2.27. The molecule has 8 heavy (non-hydrogen) atoms. The van der Waals surface area contributed by atoms with Crippen LogP contribution < -0.4 is 5.73 Å². The molecule has 0 aromatic rings. The van der Waals surface area contributed by atoms with E-state index in [0.717, 1.165) is 0 Å². The van der Waals surface area contributed by atoms with Crippen LogP contribution in [0.4, 0.5) is 0 Å². The molecule has 0 spiro atoms. The predicted octanol–water partition coefficient (Wildman–Crippen LogP) is 0.00830. The lowest BCUT2D eigenvalue weighted by molar-refractivity contribution is 0.383. The molecule has 0 aliphatic rings. The van der Waals surface area contributed by atoms with E-state index in [0.29, 0.717) is 5.90 Å². The number of methoxy groups -OCH3 is 1. The number of hydrogen-bond donors (Lipinski definition) is 1. The minimum Gasteiger partial charge on any atom is -0.483 e. The van der Waals surface area contributed by atoms with Crippen LogP contribution in [0.5, 0.6) is 0 Å². The van der Waals surface area contributed by atoms with Gasteiger partial charge in [-0.05, 0) is 6.92 Å². The molecule has 0 aromatic carbocycles. The molecule has 0 aromatic heterocycles. The highest BCUT2D eigenvalue weighted by molar-refractivity contribution is 5.80. The van der Waals surface area contributed by atoms with Gasteiger partial charge in [0.25, 0.3) is 0 Å². The molecule has 0 aliphatic heterocycles. The molecule has 3 heteroatoms. The maximum absolute atomic E-state index is 5.40. The molecule has 0 fully saturated rings. The maximum Gasteiger partial charge on any atom is 0.199 e. The summed E-state index contributed by atoms with van der Waals surface area (Å²) in [7, 11) is 3.22. The third-order valence-electron chi connectivity index (χ3n) is 0.819. The summed E-state index contributed by atoms with van der Waals surface area (Å²) >= 11 is 0. The zero-order valence-electron chi connectivity index (χ0n) is 5.51. The molecule has 0 radical (unpaired) electrons. The van der Waals surface area contributed by atoms with E-state index in [-0.39, 0.29) is 6.04 Å². The van der Waals surface area contributed by atoms with Crippen molar-refractivity contribution in [1.29, 1.82) is 0 Å². The Balaban J connectivity index is 3.72. The van der Waals surface area contributed by atoms with E-state index < -0.39 is 0 Å². The summed E-state index contributed by atoms with van der Waals surface area (Å²) in [6.07, 6.45) is 0. The summed E-state index contributed by atoms with van der Waals surface area (Å²) in [5.74, 6) is 0.588. The zero-order valence-corrected chi connectivity index (χ0v) is 5.51. The minimum absolute atomic E-state index is 0.0926. The van der Waals surface area contributed by atoms with Gasteiger partial charge in [0.15, 0.2) is 5.90 Å². The van der Waals surface area contributed by atoms with Crippen molar-refractivity contribution in [2.45, 2.75) is 13.0 Å². The molecule has 0 saturated carbocycles. The van der Waals surface area contributed by atoms with E-state index in [1.165, 1.54) is 0 Å². The van der Waals surface area contributed by atoms with Gasteiger partial charge in [0, 0.05) is 7.05 Å². The predicted molar refractivity (Wildman–Crippen MR) is 34.0 cm³/mol. The molecule has 0 heterocycles. The second kappa shape index (κ2) is 3.43. The third kappa shape index (κ3) is 1.93. The summed E-state index contributed by atoms with van der Waals surface area (Å²) in [5.41, 5.74) is 5.40. The molecule has 1 atom stereocenters. The summed E-state index contributed by atoms with van der Waals surface area (Å²) in [5, 5.41) is 0. The fourth-order valence-corrected chi connectivity index (χ4v) is 0.481. The Morgan fingerprint density at radius 2 is 2.25 bits per heavy atom. The number of nitrogens with zero attached hydrogens (tertiary/aromatic N) is 1. The van der Waals surface area contributed by atoms with Crippen molar-refractivity contribution in [2.24, 2.45) is 10.7 Å². The average molecular weight is 116 g/mol. The van der Waals surface area contributed by atoms with Crippen molar-refractivity contribution in [3.8, 4) is 0 Å². The van der Waals surface area contributed by atoms with Crippen LogP contribution in [0.3, 0.4) is 0 Å². The maximum atomic E-state index is 5.40. The van der Waals surface area contributed by atoms with Crippen LogP contribution >= 0.6 is 0 Å². The zero-order chi connectivity index (χ0) is 6.57. The van der Waals surface area contributed by atoms with Crippen LogP contribution in [-0.4, -0.2) is 26.1 Å². The van der Waals surface area contributed by atoms with Crippen LogP contribution in [0.2, 0.25) is 0 Å². The first-order valence-corrected chi connectivity index (χ1v) is 2.48. The number of hydrogen-bond acceptors (Lipinski definition) is 3. The van der Waals surface area contributed by atoms with Gasteiger partial charge in [-0.25, -0.2) is 0 Å². The second-order valence-electron chi connectivity index (χ2n) is 1.55. The van der Waals surface area contributed by atoms with Crippen molar-refractivity contribution in [3.05, 3.63) is 0 Å². The van der Waals surface area contributed by atoms with E-state index in [1.54, 1.807) is 14.2 Å². The molecule has 0 saturated heterocycles. The summed E-state index contributed by atoms with van der Waals surface area (Å²) in [4.78, 5) is 3.78. The Labute approximate surface area is 49.5 Å². The van der Waals surface area contributed by atoms with Gasteiger partial charge in [-0.1, -0.05) is 0 Å². The molecule has 2 N–H and O–H groups in total. The standard InChI is InChI=1S/C5H12N2O/c1-4(6)5(7-2)8-3/h4H,6H2,1-3H3. The van der Waals surface area contributed by atoms with Gasteiger partial charge in [-0.2, -0.15) is 0 Å². The molecule has 0 rings (SSSR count). The van der Waals surface area contributed by atoms with Crippen molar-refractivity contribution in [1.82, 2.24) is 0 Å². The summed E-state index contributed by atoms with van der Waals surface area (Å²) in [6.45, 7) is 1.83.